The van der Waals surface area contributed by atoms with Crippen molar-refractivity contribution < 1.29 is 8.42 Å². The molecule has 0 bridgehead atoms. The molecule has 0 aliphatic carbocycles. The van der Waals surface area contributed by atoms with Gasteiger partial charge in [-0.15, -0.1) is 0 Å². The minimum Gasteiger partial charge on any atom is -0.316 e. The smallest absolute Gasteiger partial charge is 0.150 e. The highest BCUT2D eigenvalue weighted by molar-refractivity contribution is 7.91. The number of hydrogen-bond acceptors (Lipinski definition) is 3. The van der Waals surface area contributed by atoms with Crippen molar-refractivity contribution in [2.45, 2.75) is 45.4 Å². The van der Waals surface area contributed by atoms with Crippen LogP contribution in [0.3, 0.4) is 0 Å². The van der Waals surface area contributed by atoms with Crippen LogP contribution in [0, 0.1) is 11.3 Å². The summed E-state index contributed by atoms with van der Waals surface area (Å²) in [7, 11) is -2.72. The Hall–Kier alpha value is -0.0900. The number of hydrogen-bond donors (Lipinski definition) is 1. The van der Waals surface area contributed by atoms with Crippen LogP contribution in [0.15, 0.2) is 0 Å². The second-order valence-corrected chi connectivity index (χ2v) is 8.11. The fraction of sp³-hybridized carbons (Fsp3) is 1.00. The summed E-state index contributed by atoms with van der Waals surface area (Å²) in [4.78, 5) is 0. The molecular formula is C13H25NO2S. The van der Waals surface area contributed by atoms with Crippen LogP contribution in [0.25, 0.3) is 0 Å². The first-order valence-corrected chi connectivity index (χ1v) is 8.81. The molecule has 1 N–H and O–H groups in total. The fourth-order valence-corrected chi connectivity index (χ4v) is 5.24. The molecule has 2 saturated heterocycles. The van der Waals surface area contributed by atoms with Crippen LogP contribution < -0.4 is 5.32 Å². The Morgan fingerprint density at radius 3 is 2.47 bits per heavy atom. The Kier molecular flexibility index (Phi) is 4.14. The molecule has 0 aromatic rings. The van der Waals surface area contributed by atoms with Gasteiger partial charge in [0.1, 0.15) is 0 Å². The molecule has 0 spiro atoms. The van der Waals surface area contributed by atoms with Gasteiger partial charge in [-0.2, -0.15) is 0 Å². The minimum absolute atomic E-state index is 0.317. The lowest BCUT2D eigenvalue weighted by Gasteiger charge is -2.47. The molecule has 0 saturated carbocycles. The number of unbranched alkanes of at least 4 members (excludes halogenated alkanes) is 3. The van der Waals surface area contributed by atoms with Gasteiger partial charge in [-0.05, 0) is 24.2 Å². The first-order chi connectivity index (χ1) is 8.08. The van der Waals surface area contributed by atoms with Gasteiger partial charge in [0, 0.05) is 13.1 Å². The average Bonchev–Trinajstić information content (AvgIpc) is 2.57. The summed E-state index contributed by atoms with van der Waals surface area (Å²) in [5.74, 6) is 1.30. The Morgan fingerprint density at radius 1 is 1.24 bits per heavy atom. The monoisotopic (exact) mass is 259 g/mol. The summed E-state index contributed by atoms with van der Waals surface area (Å²) >= 11 is 0. The first-order valence-electron chi connectivity index (χ1n) is 6.99. The molecule has 100 valence electrons. The molecule has 2 aliphatic heterocycles. The molecule has 2 fully saturated rings. The van der Waals surface area contributed by atoms with E-state index < -0.39 is 9.84 Å². The largest absolute Gasteiger partial charge is 0.316 e. The molecule has 2 rings (SSSR count). The lowest BCUT2D eigenvalue weighted by Crippen LogP contribution is -2.57. The third-order valence-electron chi connectivity index (χ3n) is 4.58. The van der Waals surface area contributed by atoms with Crippen molar-refractivity contribution in [3.05, 3.63) is 0 Å². The fourth-order valence-electron chi connectivity index (χ4n) is 3.30. The van der Waals surface area contributed by atoms with E-state index >= 15 is 0 Å². The zero-order chi connectivity index (χ0) is 12.4. The van der Waals surface area contributed by atoms with E-state index in [2.05, 4.69) is 12.2 Å². The third kappa shape index (κ3) is 3.02. The first kappa shape index (κ1) is 13.3. The van der Waals surface area contributed by atoms with E-state index in [1.54, 1.807) is 0 Å². The third-order valence-corrected chi connectivity index (χ3v) is 6.35. The zero-order valence-corrected chi connectivity index (χ0v) is 11.7. The van der Waals surface area contributed by atoms with Crippen LogP contribution in [-0.2, 0) is 9.84 Å². The predicted octanol–water partition coefficient (Wildman–Crippen LogP) is 1.98. The highest BCUT2D eigenvalue weighted by Gasteiger charge is 2.47. The molecule has 4 heteroatoms. The van der Waals surface area contributed by atoms with Gasteiger partial charge in [0.05, 0.1) is 11.5 Å². The van der Waals surface area contributed by atoms with Gasteiger partial charge >= 0.3 is 0 Å². The van der Waals surface area contributed by atoms with Gasteiger partial charge in [0.25, 0.3) is 0 Å². The van der Waals surface area contributed by atoms with Crippen molar-refractivity contribution in [2.75, 3.05) is 24.6 Å². The van der Waals surface area contributed by atoms with E-state index in [0.29, 0.717) is 22.8 Å². The van der Waals surface area contributed by atoms with Gasteiger partial charge < -0.3 is 5.32 Å². The van der Waals surface area contributed by atoms with Crippen LogP contribution in [-0.4, -0.2) is 33.0 Å². The Bertz CT molecular complexity index is 346. The average molecular weight is 259 g/mol. The summed E-state index contributed by atoms with van der Waals surface area (Å²) in [6.07, 6.45) is 7.28. The molecule has 3 nitrogen and oxygen atoms in total. The summed E-state index contributed by atoms with van der Waals surface area (Å²) in [6, 6.07) is 0. The lowest BCUT2D eigenvalue weighted by atomic mass is 9.67. The van der Waals surface area contributed by atoms with Gasteiger partial charge in [0.15, 0.2) is 9.84 Å². The standard InChI is InChI=1S/C13H25NO2S/c1-2-3-4-5-7-13(10-14-11-13)12-6-8-17(15,16)9-12/h12,14H,2-11H2,1H3. The van der Waals surface area contributed by atoms with Gasteiger partial charge in [-0.1, -0.05) is 32.6 Å². The minimum atomic E-state index is -2.72. The van der Waals surface area contributed by atoms with Gasteiger partial charge in [0.2, 0.25) is 0 Å². The van der Waals surface area contributed by atoms with E-state index in [4.69, 9.17) is 0 Å². The van der Waals surface area contributed by atoms with Crippen LogP contribution >= 0.6 is 0 Å². The van der Waals surface area contributed by atoms with Crippen molar-refractivity contribution in [3.8, 4) is 0 Å². The maximum atomic E-state index is 11.6. The SMILES string of the molecule is CCCCCCC1(C2CCS(=O)(=O)C2)CNC1. The summed E-state index contributed by atoms with van der Waals surface area (Å²) in [5, 5.41) is 3.35. The predicted molar refractivity (Wildman–Crippen MR) is 70.8 cm³/mol. The highest BCUT2D eigenvalue weighted by atomic mass is 32.2. The molecule has 2 aliphatic rings. The summed E-state index contributed by atoms with van der Waals surface area (Å²) < 4.78 is 23.2. The summed E-state index contributed by atoms with van der Waals surface area (Å²) in [5.41, 5.74) is 0.317. The number of nitrogens with one attached hydrogen (secondary N) is 1. The van der Waals surface area contributed by atoms with E-state index in [1.165, 1.54) is 32.1 Å². The molecule has 2 heterocycles. The van der Waals surface area contributed by atoms with E-state index in [0.717, 1.165) is 19.5 Å². The molecule has 1 atom stereocenters. The zero-order valence-electron chi connectivity index (χ0n) is 10.9. The Morgan fingerprint density at radius 2 is 2.00 bits per heavy atom. The molecular weight excluding hydrogens is 234 g/mol. The van der Waals surface area contributed by atoms with Crippen molar-refractivity contribution in [3.63, 3.8) is 0 Å². The van der Waals surface area contributed by atoms with Crippen LogP contribution in [0.4, 0.5) is 0 Å². The van der Waals surface area contributed by atoms with Crippen LogP contribution in [0.5, 0.6) is 0 Å². The van der Waals surface area contributed by atoms with Crippen molar-refractivity contribution >= 4 is 9.84 Å². The topological polar surface area (TPSA) is 46.2 Å². The van der Waals surface area contributed by atoms with E-state index in [1.807, 2.05) is 0 Å². The molecule has 17 heavy (non-hydrogen) atoms. The highest BCUT2D eigenvalue weighted by Crippen LogP contribution is 2.43. The lowest BCUT2D eigenvalue weighted by molar-refractivity contribution is 0.0771. The van der Waals surface area contributed by atoms with Gasteiger partial charge in [-0.3, -0.25) is 0 Å². The normalized spacial score (nSPS) is 30.1. The van der Waals surface area contributed by atoms with Crippen molar-refractivity contribution in [1.29, 1.82) is 0 Å². The number of sulfone groups is 1. The van der Waals surface area contributed by atoms with Crippen molar-refractivity contribution in [1.82, 2.24) is 5.32 Å². The van der Waals surface area contributed by atoms with E-state index in [-0.39, 0.29) is 0 Å². The van der Waals surface area contributed by atoms with Crippen LogP contribution in [0.2, 0.25) is 0 Å². The quantitative estimate of drug-likeness (QED) is 0.742. The Labute approximate surface area is 105 Å². The summed E-state index contributed by atoms with van der Waals surface area (Å²) in [6.45, 7) is 4.31. The van der Waals surface area contributed by atoms with E-state index in [9.17, 15) is 8.42 Å². The molecule has 0 aromatic carbocycles. The van der Waals surface area contributed by atoms with Gasteiger partial charge in [-0.25, -0.2) is 8.42 Å². The van der Waals surface area contributed by atoms with Crippen molar-refractivity contribution in [2.24, 2.45) is 11.3 Å². The van der Waals surface area contributed by atoms with Crippen LogP contribution in [0.1, 0.15) is 45.4 Å². The molecule has 0 aromatic heterocycles. The Balaban J connectivity index is 1.87. The molecule has 1 unspecified atom stereocenters. The maximum absolute atomic E-state index is 11.6. The second-order valence-electron chi connectivity index (χ2n) is 5.88. The number of rotatable bonds is 6. The molecule has 0 amide bonds. The molecule has 0 radical (unpaired) electrons. The maximum Gasteiger partial charge on any atom is 0.150 e. The second kappa shape index (κ2) is 5.27.